The highest BCUT2D eigenvalue weighted by atomic mass is 16.1. The molecular weight excluding hydrogens is 216 g/mol. The molecule has 0 unspecified atom stereocenters. The number of nitrogens with one attached hydrogen (secondary N) is 1. The summed E-state index contributed by atoms with van der Waals surface area (Å²) in [6.07, 6.45) is 1.69. The highest BCUT2D eigenvalue weighted by Gasteiger charge is 2.10. The van der Waals surface area contributed by atoms with E-state index in [2.05, 4.69) is 10.4 Å². The summed E-state index contributed by atoms with van der Waals surface area (Å²) in [5, 5.41) is 15.5. The van der Waals surface area contributed by atoms with E-state index in [0.717, 1.165) is 0 Å². The number of benzene rings is 1. The predicted octanol–water partition coefficient (Wildman–Crippen LogP) is 1.54. The van der Waals surface area contributed by atoms with Gasteiger partial charge in [0.25, 0.3) is 5.91 Å². The van der Waals surface area contributed by atoms with Gasteiger partial charge in [0.1, 0.15) is 6.07 Å². The molecule has 0 aliphatic rings. The lowest BCUT2D eigenvalue weighted by molar-refractivity contribution is 0.102. The van der Waals surface area contributed by atoms with Gasteiger partial charge in [0.15, 0.2) is 5.69 Å². The summed E-state index contributed by atoms with van der Waals surface area (Å²) in [4.78, 5) is 11.8. The smallest absolute Gasteiger partial charge is 0.276 e. The minimum atomic E-state index is -0.326. The van der Waals surface area contributed by atoms with Crippen LogP contribution in [0.25, 0.3) is 0 Å². The number of anilines is 1. The van der Waals surface area contributed by atoms with Gasteiger partial charge >= 0.3 is 0 Å². The van der Waals surface area contributed by atoms with Crippen molar-refractivity contribution >= 4 is 11.6 Å². The van der Waals surface area contributed by atoms with Crippen LogP contribution in [0.3, 0.4) is 0 Å². The Morgan fingerprint density at radius 2 is 2.18 bits per heavy atom. The molecule has 0 saturated heterocycles. The topological polar surface area (TPSA) is 70.7 Å². The van der Waals surface area contributed by atoms with E-state index in [0.29, 0.717) is 16.9 Å². The van der Waals surface area contributed by atoms with E-state index >= 15 is 0 Å². The Morgan fingerprint density at radius 1 is 1.41 bits per heavy atom. The lowest BCUT2D eigenvalue weighted by Crippen LogP contribution is -2.13. The maximum atomic E-state index is 11.8. The zero-order chi connectivity index (χ0) is 12.3. The van der Waals surface area contributed by atoms with Gasteiger partial charge in [-0.25, -0.2) is 0 Å². The van der Waals surface area contributed by atoms with Crippen molar-refractivity contribution < 1.29 is 4.79 Å². The van der Waals surface area contributed by atoms with E-state index in [-0.39, 0.29) is 5.91 Å². The Kier molecular flexibility index (Phi) is 2.88. The Bertz CT molecular complexity index is 595. The van der Waals surface area contributed by atoms with Gasteiger partial charge in [-0.3, -0.25) is 9.48 Å². The van der Waals surface area contributed by atoms with Gasteiger partial charge in [0.2, 0.25) is 0 Å². The molecule has 1 amide bonds. The lowest BCUT2D eigenvalue weighted by atomic mass is 10.2. The third-order valence-electron chi connectivity index (χ3n) is 2.24. The summed E-state index contributed by atoms with van der Waals surface area (Å²) < 4.78 is 1.55. The predicted molar refractivity (Wildman–Crippen MR) is 62.3 cm³/mol. The van der Waals surface area contributed by atoms with Gasteiger partial charge in [-0.2, -0.15) is 10.4 Å². The fraction of sp³-hybridized carbons (Fsp3) is 0.0833. The van der Waals surface area contributed by atoms with Gasteiger partial charge in [0, 0.05) is 13.2 Å². The van der Waals surface area contributed by atoms with Crippen molar-refractivity contribution in [3.8, 4) is 6.07 Å². The number of carbonyl (C=O) groups excluding carboxylic acids is 1. The largest absolute Gasteiger partial charge is 0.319 e. The monoisotopic (exact) mass is 226 g/mol. The Morgan fingerprint density at radius 3 is 2.82 bits per heavy atom. The Hall–Kier alpha value is -2.61. The van der Waals surface area contributed by atoms with E-state index in [4.69, 9.17) is 5.26 Å². The molecule has 5 heteroatoms. The van der Waals surface area contributed by atoms with Crippen LogP contribution in [0, 0.1) is 11.3 Å². The van der Waals surface area contributed by atoms with Crippen molar-refractivity contribution in [2.24, 2.45) is 7.05 Å². The SMILES string of the molecule is Cn1ccc(C(=O)Nc2ccccc2C#N)n1. The van der Waals surface area contributed by atoms with Gasteiger partial charge < -0.3 is 5.32 Å². The van der Waals surface area contributed by atoms with Crippen molar-refractivity contribution in [3.63, 3.8) is 0 Å². The second-order valence-electron chi connectivity index (χ2n) is 3.49. The molecule has 1 heterocycles. The van der Waals surface area contributed by atoms with Gasteiger partial charge in [0.05, 0.1) is 11.3 Å². The Labute approximate surface area is 98.3 Å². The highest BCUT2D eigenvalue weighted by Crippen LogP contribution is 2.14. The normalized spacial score (nSPS) is 9.65. The highest BCUT2D eigenvalue weighted by molar-refractivity contribution is 6.03. The number of para-hydroxylation sites is 1. The number of hydrogen-bond acceptors (Lipinski definition) is 3. The van der Waals surface area contributed by atoms with E-state index in [1.807, 2.05) is 6.07 Å². The molecule has 5 nitrogen and oxygen atoms in total. The second-order valence-corrected chi connectivity index (χ2v) is 3.49. The van der Waals surface area contributed by atoms with Crippen LogP contribution in [-0.2, 0) is 7.05 Å². The average Bonchev–Trinajstić information content (AvgIpc) is 2.77. The molecule has 0 radical (unpaired) electrons. The van der Waals surface area contributed by atoms with Crippen molar-refractivity contribution in [1.29, 1.82) is 5.26 Å². The number of hydrogen-bond donors (Lipinski definition) is 1. The molecule has 2 aromatic rings. The van der Waals surface area contributed by atoms with Crippen LogP contribution in [0.2, 0.25) is 0 Å². The summed E-state index contributed by atoms with van der Waals surface area (Å²) in [5.74, 6) is -0.326. The molecule has 0 saturated carbocycles. The first-order valence-electron chi connectivity index (χ1n) is 5.01. The van der Waals surface area contributed by atoms with E-state index in [9.17, 15) is 4.79 Å². The molecule has 0 spiro atoms. The maximum absolute atomic E-state index is 11.8. The van der Waals surface area contributed by atoms with Crippen molar-refractivity contribution in [2.75, 3.05) is 5.32 Å². The molecule has 17 heavy (non-hydrogen) atoms. The fourth-order valence-electron chi connectivity index (χ4n) is 1.41. The summed E-state index contributed by atoms with van der Waals surface area (Å²) in [5.41, 5.74) is 1.24. The minimum absolute atomic E-state index is 0.320. The fourth-order valence-corrected chi connectivity index (χ4v) is 1.41. The average molecular weight is 226 g/mol. The number of aryl methyl sites for hydroxylation is 1. The molecule has 1 N–H and O–H groups in total. The minimum Gasteiger partial charge on any atom is -0.319 e. The van der Waals surface area contributed by atoms with Gasteiger partial charge in [-0.15, -0.1) is 0 Å². The van der Waals surface area contributed by atoms with Crippen molar-refractivity contribution in [1.82, 2.24) is 9.78 Å². The summed E-state index contributed by atoms with van der Waals surface area (Å²) in [6, 6.07) is 10.5. The Balaban J connectivity index is 2.22. The molecule has 1 aromatic heterocycles. The molecule has 0 bridgehead atoms. The van der Waals surface area contributed by atoms with Crippen LogP contribution in [-0.4, -0.2) is 15.7 Å². The second kappa shape index (κ2) is 4.49. The number of aromatic nitrogens is 2. The summed E-state index contributed by atoms with van der Waals surface area (Å²) >= 11 is 0. The van der Waals surface area contributed by atoms with E-state index in [1.54, 1.807) is 48.3 Å². The van der Waals surface area contributed by atoms with Crippen LogP contribution >= 0.6 is 0 Å². The quantitative estimate of drug-likeness (QED) is 0.844. The maximum Gasteiger partial charge on any atom is 0.276 e. The summed E-state index contributed by atoms with van der Waals surface area (Å²) in [7, 11) is 1.74. The third kappa shape index (κ3) is 2.32. The molecule has 0 fully saturated rings. The van der Waals surface area contributed by atoms with Gasteiger partial charge in [-0.05, 0) is 18.2 Å². The van der Waals surface area contributed by atoms with Crippen LogP contribution in [0.15, 0.2) is 36.5 Å². The first kappa shape index (κ1) is 10.9. The molecule has 84 valence electrons. The van der Waals surface area contributed by atoms with Crippen LogP contribution in [0.5, 0.6) is 0 Å². The number of nitriles is 1. The lowest BCUT2D eigenvalue weighted by Gasteiger charge is -2.04. The number of nitrogens with zero attached hydrogens (tertiary/aromatic N) is 3. The standard InChI is InChI=1S/C12H10N4O/c1-16-7-6-11(15-16)12(17)14-10-5-3-2-4-9(10)8-13/h2-7H,1H3,(H,14,17). The molecule has 0 atom stereocenters. The number of rotatable bonds is 2. The molecule has 1 aromatic carbocycles. The molecular formula is C12H10N4O. The number of carbonyl (C=O) groups is 1. The van der Waals surface area contributed by atoms with Crippen LogP contribution in [0.1, 0.15) is 16.1 Å². The molecule has 0 aliphatic carbocycles. The third-order valence-corrected chi connectivity index (χ3v) is 2.24. The van der Waals surface area contributed by atoms with E-state index < -0.39 is 0 Å². The van der Waals surface area contributed by atoms with Crippen LogP contribution in [0.4, 0.5) is 5.69 Å². The van der Waals surface area contributed by atoms with Crippen molar-refractivity contribution in [2.45, 2.75) is 0 Å². The van der Waals surface area contributed by atoms with Crippen molar-refractivity contribution in [3.05, 3.63) is 47.8 Å². The zero-order valence-electron chi connectivity index (χ0n) is 9.21. The first-order chi connectivity index (χ1) is 8.20. The first-order valence-corrected chi connectivity index (χ1v) is 5.01. The van der Waals surface area contributed by atoms with Crippen LogP contribution < -0.4 is 5.32 Å². The number of amides is 1. The zero-order valence-corrected chi connectivity index (χ0v) is 9.21. The summed E-state index contributed by atoms with van der Waals surface area (Å²) in [6.45, 7) is 0. The van der Waals surface area contributed by atoms with E-state index in [1.165, 1.54) is 0 Å². The molecule has 2 rings (SSSR count). The molecule has 0 aliphatic heterocycles. The van der Waals surface area contributed by atoms with Gasteiger partial charge in [-0.1, -0.05) is 12.1 Å².